The lowest BCUT2D eigenvalue weighted by atomic mass is 10.1. The van der Waals surface area contributed by atoms with Gasteiger partial charge in [0.2, 0.25) is 0 Å². The van der Waals surface area contributed by atoms with Crippen LogP contribution in [0.2, 0.25) is 0 Å². The lowest BCUT2D eigenvalue weighted by molar-refractivity contribution is -0.125. The molecule has 1 aromatic heterocycles. The first kappa shape index (κ1) is 19.1. The Labute approximate surface area is 177 Å². The molecule has 1 fully saturated rings. The fourth-order valence-electron chi connectivity index (χ4n) is 3.88. The molecule has 1 saturated heterocycles. The molecular weight excluding hydrogens is 398 g/mol. The molecule has 0 spiro atoms. The molecule has 3 heterocycles. The van der Waals surface area contributed by atoms with Crippen LogP contribution in [-0.2, 0) is 16.0 Å². The van der Waals surface area contributed by atoms with Gasteiger partial charge in [0.05, 0.1) is 35.3 Å². The van der Waals surface area contributed by atoms with Gasteiger partial charge in [0, 0.05) is 25.2 Å². The Morgan fingerprint density at radius 1 is 0.903 bits per heavy atom. The van der Waals surface area contributed by atoms with Crippen LogP contribution in [0.4, 0.5) is 5.69 Å². The molecule has 3 amide bonds. The van der Waals surface area contributed by atoms with E-state index in [-0.39, 0.29) is 30.9 Å². The summed E-state index contributed by atoms with van der Waals surface area (Å²) in [5, 5.41) is 8.13. The summed E-state index contributed by atoms with van der Waals surface area (Å²) < 4.78 is 6.84. The van der Waals surface area contributed by atoms with Crippen molar-refractivity contribution in [3.05, 3.63) is 71.5 Å². The van der Waals surface area contributed by atoms with Gasteiger partial charge in [-0.05, 0) is 36.4 Å². The number of rotatable bonds is 5. The number of morpholine rings is 1. The van der Waals surface area contributed by atoms with E-state index < -0.39 is 0 Å². The van der Waals surface area contributed by atoms with Gasteiger partial charge in [0.15, 0.2) is 0 Å². The average molecular weight is 417 g/mol. The normalized spacial score (nSPS) is 16.2. The smallest absolute Gasteiger partial charge is 0.261 e. The van der Waals surface area contributed by atoms with Gasteiger partial charge in [-0.3, -0.25) is 19.3 Å². The summed E-state index contributed by atoms with van der Waals surface area (Å²) in [6.07, 6.45) is 2.04. The molecule has 0 atom stereocenters. The molecule has 31 heavy (non-hydrogen) atoms. The van der Waals surface area contributed by atoms with Gasteiger partial charge in [-0.2, -0.15) is 0 Å². The highest BCUT2D eigenvalue weighted by molar-refractivity contribution is 6.21. The van der Waals surface area contributed by atoms with E-state index in [4.69, 9.17) is 4.74 Å². The zero-order valence-corrected chi connectivity index (χ0v) is 16.6. The Kier molecular flexibility index (Phi) is 4.79. The Bertz CT molecular complexity index is 1140. The second-order valence-corrected chi connectivity index (χ2v) is 7.31. The first-order valence-corrected chi connectivity index (χ1v) is 9.97. The van der Waals surface area contributed by atoms with Crippen molar-refractivity contribution in [2.45, 2.75) is 6.42 Å². The van der Waals surface area contributed by atoms with Crippen molar-refractivity contribution in [3.8, 4) is 5.69 Å². The molecule has 0 bridgehead atoms. The fraction of sp³-hybridized carbons (Fsp3) is 0.227. The largest absolute Gasteiger partial charge is 0.370 e. The van der Waals surface area contributed by atoms with Gasteiger partial charge in [0.25, 0.3) is 17.7 Å². The van der Waals surface area contributed by atoms with E-state index >= 15 is 0 Å². The van der Waals surface area contributed by atoms with E-state index in [2.05, 4.69) is 10.3 Å². The average Bonchev–Trinajstić information content (AvgIpc) is 3.36. The number of fused-ring (bicyclic) bond motifs is 1. The molecular formula is C22H19N5O4. The van der Waals surface area contributed by atoms with Crippen LogP contribution in [0, 0.1) is 0 Å². The van der Waals surface area contributed by atoms with Crippen LogP contribution >= 0.6 is 0 Å². The van der Waals surface area contributed by atoms with E-state index in [0.717, 1.165) is 17.1 Å². The predicted molar refractivity (Wildman–Crippen MR) is 110 cm³/mol. The number of ether oxygens (including phenoxy) is 1. The van der Waals surface area contributed by atoms with Crippen molar-refractivity contribution in [1.82, 2.24) is 19.9 Å². The summed E-state index contributed by atoms with van der Waals surface area (Å²) in [5.74, 6) is -0.625. The predicted octanol–water partition coefficient (Wildman–Crippen LogP) is 1.47. The van der Waals surface area contributed by atoms with Crippen molar-refractivity contribution in [1.29, 1.82) is 0 Å². The zero-order chi connectivity index (χ0) is 21.4. The van der Waals surface area contributed by atoms with Crippen molar-refractivity contribution in [2.75, 3.05) is 31.2 Å². The molecule has 9 nitrogen and oxygen atoms in total. The molecule has 3 aromatic rings. The summed E-state index contributed by atoms with van der Waals surface area (Å²) in [7, 11) is 0. The van der Waals surface area contributed by atoms with Gasteiger partial charge in [-0.15, -0.1) is 5.10 Å². The maximum absolute atomic E-state index is 12.6. The molecule has 9 heteroatoms. The molecule has 0 radical (unpaired) electrons. The molecule has 2 aliphatic rings. The highest BCUT2D eigenvalue weighted by Crippen LogP contribution is 2.23. The Morgan fingerprint density at radius 2 is 1.58 bits per heavy atom. The molecule has 2 aromatic carbocycles. The van der Waals surface area contributed by atoms with Gasteiger partial charge < -0.3 is 9.64 Å². The number of amides is 3. The van der Waals surface area contributed by atoms with Crippen molar-refractivity contribution in [2.24, 2.45) is 0 Å². The third kappa shape index (κ3) is 3.38. The first-order valence-electron chi connectivity index (χ1n) is 9.97. The van der Waals surface area contributed by atoms with Crippen LogP contribution in [0.15, 0.2) is 54.7 Å². The van der Waals surface area contributed by atoms with Crippen molar-refractivity contribution < 1.29 is 19.1 Å². The van der Waals surface area contributed by atoms with Crippen LogP contribution in [0.3, 0.4) is 0 Å². The van der Waals surface area contributed by atoms with Crippen LogP contribution in [-0.4, -0.2) is 63.9 Å². The number of hydrogen-bond donors (Lipinski definition) is 0. The summed E-state index contributed by atoms with van der Waals surface area (Å²) in [6.45, 7) is 1.36. The van der Waals surface area contributed by atoms with E-state index in [1.165, 1.54) is 4.90 Å². The summed E-state index contributed by atoms with van der Waals surface area (Å²) in [5.41, 5.74) is 3.22. The highest BCUT2D eigenvalue weighted by Gasteiger charge is 2.34. The lowest BCUT2D eigenvalue weighted by Gasteiger charge is -2.26. The van der Waals surface area contributed by atoms with Crippen molar-refractivity contribution in [3.63, 3.8) is 0 Å². The SMILES string of the molecule is O=C1c2ccccc2C(=O)N1CCc1cnnn1-c1ccc(N2CCOCC2=O)cc1. The van der Waals surface area contributed by atoms with Crippen LogP contribution in [0.5, 0.6) is 0 Å². The third-order valence-electron chi connectivity index (χ3n) is 5.48. The van der Waals surface area contributed by atoms with Gasteiger partial charge >= 0.3 is 0 Å². The summed E-state index contributed by atoms with van der Waals surface area (Å²) >= 11 is 0. The number of anilines is 1. The first-order chi connectivity index (χ1) is 15.1. The maximum atomic E-state index is 12.6. The molecule has 2 aliphatic heterocycles. The summed E-state index contributed by atoms with van der Waals surface area (Å²) in [4.78, 5) is 40.1. The number of hydrogen-bond acceptors (Lipinski definition) is 6. The Hall–Kier alpha value is -3.85. The molecule has 0 saturated carbocycles. The second kappa shape index (κ2) is 7.77. The number of imide groups is 1. The quantitative estimate of drug-likeness (QED) is 0.583. The van der Waals surface area contributed by atoms with Crippen molar-refractivity contribution >= 4 is 23.4 Å². The molecule has 0 N–H and O–H groups in total. The van der Waals surface area contributed by atoms with Gasteiger partial charge in [-0.1, -0.05) is 17.3 Å². The maximum Gasteiger partial charge on any atom is 0.261 e. The minimum atomic E-state index is -0.279. The van der Waals surface area contributed by atoms with Gasteiger partial charge in [0.1, 0.15) is 6.61 Å². The van der Waals surface area contributed by atoms with Gasteiger partial charge in [-0.25, -0.2) is 4.68 Å². The minimum absolute atomic E-state index is 0.0682. The summed E-state index contributed by atoms with van der Waals surface area (Å²) in [6, 6.07) is 14.3. The van der Waals surface area contributed by atoms with Crippen LogP contribution in [0.1, 0.15) is 26.4 Å². The number of carbonyl (C=O) groups is 3. The van der Waals surface area contributed by atoms with Crippen LogP contribution < -0.4 is 4.90 Å². The highest BCUT2D eigenvalue weighted by atomic mass is 16.5. The topological polar surface area (TPSA) is 97.6 Å². The zero-order valence-electron chi connectivity index (χ0n) is 16.6. The lowest BCUT2D eigenvalue weighted by Crippen LogP contribution is -2.41. The number of carbonyl (C=O) groups excluding carboxylic acids is 3. The Balaban J connectivity index is 1.31. The number of aromatic nitrogens is 3. The standard InChI is InChI=1S/C22H19N5O4/c28-20-14-31-12-11-25(20)15-5-7-16(8-6-15)27-17(13-23-24-27)9-10-26-21(29)18-3-1-2-4-19(18)22(26)30/h1-8,13H,9-12,14H2. The molecule has 0 aliphatic carbocycles. The number of benzene rings is 2. The van der Waals surface area contributed by atoms with E-state index in [0.29, 0.717) is 30.7 Å². The fourth-order valence-corrected chi connectivity index (χ4v) is 3.88. The van der Waals surface area contributed by atoms with E-state index in [9.17, 15) is 14.4 Å². The van der Waals surface area contributed by atoms with E-state index in [1.54, 1.807) is 40.0 Å². The molecule has 5 rings (SSSR count). The third-order valence-corrected chi connectivity index (χ3v) is 5.48. The minimum Gasteiger partial charge on any atom is -0.370 e. The molecule has 156 valence electrons. The second-order valence-electron chi connectivity index (χ2n) is 7.31. The molecule has 0 unspecified atom stereocenters. The monoisotopic (exact) mass is 417 g/mol. The van der Waals surface area contributed by atoms with E-state index in [1.807, 2.05) is 24.3 Å². The Morgan fingerprint density at radius 3 is 2.26 bits per heavy atom. The number of nitrogens with zero attached hydrogens (tertiary/aromatic N) is 5. The van der Waals surface area contributed by atoms with Crippen LogP contribution in [0.25, 0.3) is 5.69 Å².